The number of aryl methyl sites for hydroxylation is 1. The molecule has 1 aromatic heterocycles. The van der Waals surface area contributed by atoms with Gasteiger partial charge in [-0.2, -0.15) is 0 Å². The molecule has 176 valence electrons. The SMILES string of the molecule is COc1ccc2c(c1)C(c1ccc(Cl)cc1)=N[C@H](CC(=O)Nc1ccc(O)cc1)c1nnc(C)n1-2. The number of aliphatic imine (C=N–C) groups is 1. The molecule has 0 fully saturated rings. The van der Waals surface area contributed by atoms with Gasteiger partial charge in [0, 0.05) is 21.8 Å². The number of phenols is 1. The van der Waals surface area contributed by atoms with Gasteiger partial charge in [0.15, 0.2) is 5.82 Å². The van der Waals surface area contributed by atoms with Crippen LogP contribution in [0.2, 0.25) is 5.02 Å². The Morgan fingerprint density at radius 3 is 2.54 bits per heavy atom. The number of ether oxygens (including phenoxy) is 1. The van der Waals surface area contributed by atoms with E-state index >= 15 is 0 Å². The Balaban J connectivity index is 1.61. The van der Waals surface area contributed by atoms with Crippen molar-refractivity contribution in [2.45, 2.75) is 19.4 Å². The van der Waals surface area contributed by atoms with Crippen molar-refractivity contribution in [3.8, 4) is 17.2 Å². The summed E-state index contributed by atoms with van der Waals surface area (Å²) in [6.45, 7) is 1.87. The quantitative estimate of drug-likeness (QED) is 0.391. The maximum absolute atomic E-state index is 13.0. The lowest BCUT2D eigenvalue weighted by Gasteiger charge is -2.14. The molecule has 0 saturated heterocycles. The number of hydrogen-bond acceptors (Lipinski definition) is 6. The van der Waals surface area contributed by atoms with Gasteiger partial charge in [0.1, 0.15) is 23.4 Å². The Morgan fingerprint density at radius 2 is 1.83 bits per heavy atom. The first kappa shape index (κ1) is 22.6. The van der Waals surface area contributed by atoms with Crippen molar-refractivity contribution in [1.29, 1.82) is 0 Å². The number of nitrogens with zero attached hydrogens (tertiary/aromatic N) is 4. The number of rotatable bonds is 5. The Bertz CT molecular complexity index is 1430. The third-order valence-electron chi connectivity index (χ3n) is 5.78. The van der Waals surface area contributed by atoms with E-state index in [0.29, 0.717) is 33.8 Å². The minimum Gasteiger partial charge on any atom is -0.508 e. The number of aromatic hydroxyl groups is 1. The molecule has 3 aromatic carbocycles. The molecule has 2 N–H and O–H groups in total. The number of amides is 1. The minimum absolute atomic E-state index is 0.0429. The molecule has 5 rings (SSSR count). The summed E-state index contributed by atoms with van der Waals surface area (Å²) in [5.74, 6) is 1.82. The maximum Gasteiger partial charge on any atom is 0.227 e. The number of carbonyl (C=O) groups is 1. The van der Waals surface area contributed by atoms with Crippen molar-refractivity contribution in [3.05, 3.63) is 94.5 Å². The largest absolute Gasteiger partial charge is 0.508 e. The molecule has 0 bridgehead atoms. The van der Waals surface area contributed by atoms with Crippen LogP contribution >= 0.6 is 11.6 Å². The molecule has 1 atom stereocenters. The fourth-order valence-electron chi connectivity index (χ4n) is 4.11. The highest BCUT2D eigenvalue weighted by atomic mass is 35.5. The number of anilines is 1. The molecule has 1 aliphatic rings. The van der Waals surface area contributed by atoms with Crippen molar-refractivity contribution in [2.75, 3.05) is 12.4 Å². The minimum atomic E-state index is -0.600. The van der Waals surface area contributed by atoms with Crippen molar-refractivity contribution >= 4 is 28.9 Å². The molecule has 0 saturated carbocycles. The van der Waals surface area contributed by atoms with E-state index in [1.54, 1.807) is 19.2 Å². The van der Waals surface area contributed by atoms with Gasteiger partial charge in [-0.25, -0.2) is 0 Å². The second-order valence-corrected chi connectivity index (χ2v) is 8.56. The highest BCUT2D eigenvalue weighted by Gasteiger charge is 2.30. The highest BCUT2D eigenvalue weighted by Crippen LogP contribution is 2.34. The molecule has 0 spiro atoms. The zero-order valence-corrected chi connectivity index (χ0v) is 19.8. The summed E-state index contributed by atoms with van der Waals surface area (Å²) in [4.78, 5) is 18.1. The fraction of sp³-hybridized carbons (Fsp3) is 0.154. The number of phenolic OH excluding ortho intramolecular Hbond substituents is 1. The summed E-state index contributed by atoms with van der Waals surface area (Å²) in [7, 11) is 1.61. The number of nitrogens with one attached hydrogen (secondary N) is 1. The standard InChI is InChI=1S/C26H22ClN5O3/c1-15-30-31-26-22(14-24(34)28-18-7-9-19(33)10-8-18)29-25(16-3-5-17(27)6-4-16)21-13-20(35-2)11-12-23(21)32(15)26/h3-13,22,33H,14H2,1-2H3,(H,28,34)/t22-/m1/s1. The Morgan fingerprint density at radius 1 is 1.09 bits per heavy atom. The molecule has 1 amide bonds. The molecule has 0 radical (unpaired) electrons. The molecular formula is C26H22ClN5O3. The molecule has 8 nitrogen and oxygen atoms in total. The lowest BCUT2D eigenvalue weighted by Crippen LogP contribution is -2.17. The van der Waals surface area contributed by atoms with Crippen LogP contribution in [0.25, 0.3) is 5.69 Å². The summed E-state index contributed by atoms with van der Waals surface area (Å²) >= 11 is 6.14. The molecule has 2 heterocycles. The van der Waals surface area contributed by atoms with Gasteiger partial charge in [0.2, 0.25) is 5.91 Å². The molecule has 0 aliphatic carbocycles. The summed E-state index contributed by atoms with van der Waals surface area (Å²) < 4.78 is 7.42. The normalized spacial score (nSPS) is 14.4. The predicted octanol–water partition coefficient (Wildman–Crippen LogP) is 4.86. The Labute approximate surface area is 206 Å². The number of benzene rings is 3. The first-order chi connectivity index (χ1) is 16.9. The van der Waals surface area contributed by atoms with Gasteiger partial charge < -0.3 is 15.2 Å². The van der Waals surface area contributed by atoms with Crippen LogP contribution in [0, 0.1) is 6.92 Å². The zero-order chi connectivity index (χ0) is 24.5. The van der Waals surface area contributed by atoms with Crippen LogP contribution in [0.3, 0.4) is 0 Å². The van der Waals surface area contributed by atoms with Gasteiger partial charge in [-0.15, -0.1) is 10.2 Å². The molecular weight excluding hydrogens is 466 g/mol. The number of halogens is 1. The van der Waals surface area contributed by atoms with Crippen molar-refractivity contribution in [1.82, 2.24) is 14.8 Å². The number of hydrogen-bond donors (Lipinski definition) is 2. The van der Waals surface area contributed by atoms with E-state index in [-0.39, 0.29) is 18.1 Å². The maximum atomic E-state index is 13.0. The first-order valence-corrected chi connectivity index (χ1v) is 11.3. The van der Waals surface area contributed by atoms with Crippen LogP contribution in [0.4, 0.5) is 5.69 Å². The lowest BCUT2D eigenvalue weighted by atomic mass is 10.00. The number of aromatic nitrogens is 3. The van der Waals surface area contributed by atoms with E-state index in [9.17, 15) is 9.90 Å². The van der Waals surface area contributed by atoms with Crippen LogP contribution in [0.1, 0.15) is 35.2 Å². The topological polar surface area (TPSA) is 102 Å². The van der Waals surface area contributed by atoms with Gasteiger partial charge in [-0.1, -0.05) is 23.7 Å². The smallest absolute Gasteiger partial charge is 0.227 e. The van der Waals surface area contributed by atoms with Crippen LogP contribution in [-0.4, -0.2) is 38.6 Å². The Hall–Kier alpha value is -4.17. The van der Waals surface area contributed by atoms with Gasteiger partial charge in [0.05, 0.1) is 24.9 Å². The molecule has 0 unspecified atom stereocenters. The van der Waals surface area contributed by atoms with Crippen molar-refractivity contribution in [3.63, 3.8) is 0 Å². The van der Waals surface area contributed by atoms with Gasteiger partial charge in [-0.05, 0) is 61.5 Å². The van der Waals surface area contributed by atoms with Gasteiger partial charge in [-0.3, -0.25) is 14.4 Å². The fourth-order valence-corrected chi connectivity index (χ4v) is 4.24. The average Bonchev–Trinajstić information content (AvgIpc) is 3.18. The monoisotopic (exact) mass is 487 g/mol. The number of methoxy groups -OCH3 is 1. The van der Waals surface area contributed by atoms with E-state index in [0.717, 1.165) is 16.8 Å². The summed E-state index contributed by atoms with van der Waals surface area (Å²) in [6, 6.07) is 18.9. The first-order valence-electron chi connectivity index (χ1n) is 11.0. The summed E-state index contributed by atoms with van der Waals surface area (Å²) in [5, 5.41) is 21.7. The molecule has 9 heteroatoms. The zero-order valence-electron chi connectivity index (χ0n) is 19.1. The van der Waals surface area contributed by atoms with Gasteiger partial charge >= 0.3 is 0 Å². The number of fused-ring (bicyclic) bond motifs is 3. The highest BCUT2D eigenvalue weighted by molar-refractivity contribution is 6.30. The molecule has 35 heavy (non-hydrogen) atoms. The van der Waals surface area contributed by atoms with Crippen molar-refractivity contribution < 1.29 is 14.6 Å². The predicted molar refractivity (Wildman–Crippen MR) is 134 cm³/mol. The van der Waals surface area contributed by atoms with E-state index in [1.807, 2.05) is 54.0 Å². The lowest BCUT2D eigenvalue weighted by molar-refractivity contribution is -0.116. The van der Waals surface area contributed by atoms with Crippen LogP contribution < -0.4 is 10.1 Å². The Kier molecular flexibility index (Phi) is 5.96. The third kappa shape index (κ3) is 4.48. The van der Waals surface area contributed by atoms with Crippen LogP contribution in [-0.2, 0) is 4.79 Å². The summed E-state index contributed by atoms with van der Waals surface area (Å²) in [5.41, 5.74) is 3.80. The number of carbonyl (C=O) groups excluding carboxylic acids is 1. The van der Waals surface area contributed by atoms with Gasteiger partial charge in [0.25, 0.3) is 0 Å². The molecule has 4 aromatic rings. The second-order valence-electron chi connectivity index (χ2n) is 8.12. The molecule has 1 aliphatic heterocycles. The van der Waals surface area contributed by atoms with Crippen LogP contribution in [0.15, 0.2) is 71.7 Å². The van der Waals surface area contributed by atoms with E-state index in [2.05, 4.69) is 15.5 Å². The van der Waals surface area contributed by atoms with Crippen LogP contribution in [0.5, 0.6) is 11.5 Å². The second kappa shape index (κ2) is 9.23. The summed E-state index contributed by atoms with van der Waals surface area (Å²) in [6.07, 6.45) is 0.0429. The van der Waals surface area contributed by atoms with E-state index < -0.39 is 6.04 Å². The van der Waals surface area contributed by atoms with E-state index in [4.69, 9.17) is 21.3 Å². The van der Waals surface area contributed by atoms with E-state index in [1.165, 1.54) is 12.1 Å². The average molecular weight is 488 g/mol. The van der Waals surface area contributed by atoms with Crippen molar-refractivity contribution in [2.24, 2.45) is 4.99 Å². The third-order valence-corrected chi connectivity index (χ3v) is 6.03.